The third-order valence-corrected chi connectivity index (χ3v) is 7.56. The second-order valence-corrected chi connectivity index (χ2v) is 9.52. The van der Waals surface area contributed by atoms with Gasteiger partial charge in [-0.1, -0.05) is 6.07 Å². The number of nitrogens with one attached hydrogen (secondary N) is 1. The van der Waals surface area contributed by atoms with Crippen molar-refractivity contribution in [1.82, 2.24) is 15.4 Å². The van der Waals surface area contributed by atoms with Crippen molar-refractivity contribution < 1.29 is 36.5 Å². The van der Waals surface area contributed by atoms with Crippen LogP contribution in [0.3, 0.4) is 0 Å². The van der Waals surface area contributed by atoms with Gasteiger partial charge >= 0.3 is 6.18 Å². The van der Waals surface area contributed by atoms with Gasteiger partial charge in [-0.15, -0.1) is 0 Å². The molecule has 1 aromatic heterocycles. The minimum Gasteiger partial charge on any atom is -0.381 e. The van der Waals surface area contributed by atoms with E-state index in [1.54, 1.807) is 30.6 Å². The number of halogens is 4. The minimum atomic E-state index is -4.90. The molecular formula is C21H23F4N3O4S. The lowest BCUT2D eigenvalue weighted by molar-refractivity contribution is -0.181. The van der Waals surface area contributed by atoms with E-state index in [1.165, 1.54) is 12.4 Å². The van der Waals surface area contributed by atoms with Crippen molar-refractivity contribution in [3.05, 3.63) is 41.9 Å². The summed E-state index contributed by atoms with van der Waals surface area (Å²) in [7, 11) is -1.77. The van der Waals surface area contributed by atoms with Crippen LogP contribution in [-0.4, -0.2) is 55.6 Å². The predicted octanol–water partition coefficient (Wildman–Crippen LogP) is 3.45. The summed E-state index contributed by atoms with van der Waals surface area (Å²) in [5, 5.41) is 9.16. The van der Waals surface area contributed by atoms with Gasteiger partial charge < -0.3 is 4.74 Å². The van der Waals surface area contributed by atoms with Crippen LogP contribution >= 0.6 is 0 Å². The molecule has 2 atom stereocenters. The first-order valence-electron chi connectivity index (χ1n) is 10.2. The molecule has 1 fully saturated rings. The zero-order valence-electron chi connectivity index (χ0n) is 17.7. The fraction of sp³-hybridized carbons (Fsp3) is 0.476. The third-order valence-electron chi connectivity index (χ3n) is 5.57. The highest BCUT2D eigenvalue weighted by atomic mass is 32.2. The second kappa shape index (κ2) is 10.2. The number of carbonyl (C=O) groups is 1. The van der Waals surface area contributed by atoms with Gasteiger partial charge in [0.25, 0.3) is 5.91 Å². The summed E-state index contributed by atoms with van der Waals surface area (Å²) in [6, 6.07) is 4.91. The Kier molecular flexibility index (Phi) is 7.80. The van der Waals surface area contributed by atoms with E-state index in [1.807, 2.05) is 0 Å². The summed E-state index contributed by atoms with van der Waals surface area (Å²) in [5.74, 6) is -0.728. The first-order valence-corrected chi connectivity index (χ1v) is 11.3. The fourth-order valence-electron chi connectivity index (χ4n) is 3.63. The summed E-state index contributed by atoms with van der Waals surface area (Å²) in [4.78, 5) is 21.0. The Bertz CT molecular complexity index is 1010. The van der Waals surface area contributed by atoms with Crippen LogP contribution in [0.4, 0.5) is 17.6 Å². The number of aryl methyl sites for hydroxylation is 2. The summed E-state index contributed by atoms with van der Waals surface area (Å²) in [6.45, 7) is 2.24. The first-order chi connectivity index (χ1) is 15.6. The highest BCUT2D eigenvalue weighted by molar-refractivity contribution is 7.87. The van der Waals surface area contributed by atoms with Crippen molar-refractivity contribution >= 4 is 16.7 Å². The van der Waals surface area contributed by atoms with Crippen LogP contribution in [-0.2, 0) is 26.8 Å². The highest BCUT2D eigenvalue weighted by Gasteiger charge is 2.46. The van der Waals surface area contributed by atoms with Crippen molar-refractivity contribution in [2.45, 2.75) is 54.6 Å². The Balaban J connectivity index is 1.78. The third kappa shape index (κ3) is 5.56. The SMILES string of the molecule is Cc1cc(S(=O)C2(C(=O)NO)CCOCC2)ccc1-c1cnc(CCC(F)C(F)(F)F)cn1. The molecule has 0 aliphatic carbocycles. The number of hydrogen-bond donors (Lipinski definition) is 2. The molecule has 0 bridgehead atoms. The Morgan fingerprint density at radius 2 is 1.97 bits per heavy atom. The van der Waals surface area contributed by atoms with Crippen LogP contribution in [0.5, 0.6) is 0 Å². The highest BCUT2D eigenvalue weighted by Crippen LogP contribution is 2.34. The number of amides is 1. The standard InChI is InChI=1S/C21H23F4N3O4S/c1-13-10-15(33(31)20(19(29)28-30)6-8-32-9-7-20)3-4-16(13)17-12-26-14(11-27-17)2-5-18(22)21(23,24)25/h3-4,10-12,18,30H,2,5-9H2,1H3,(H,28,29). The van der Waals surface area contributed by atoms with Gasteiger partial charge in [0.2, 0.25) is 0 Å². The number of nitrogens with zero attached hydrogens (tertiary/aromatic N) is 2. The summed E-state index contributed by atoms with van der Waals surface area (Å²) in [5.41, 5.74) is 3.63. The molecule has 2 unspecified atom stereocenters. The van der Waals surface area contributed by atoms with Crippen LogP contribution in [0.15, 0.2) is 35.5 Å². The molecule has 2 N–H and O–H groups in total. The first kappa shape index (κ1) is 25.2. The van der Waals surface area contributed by atoms with E-state index in [2.05, 4.69) is 9.97 Å². The molecule has 1 saturated heterocycles. The largest absolute Gasteiger partial charge is 0.419 e. The molecule has 1 aliphatic rings. The number of hydrogen-bond acceptors (Lipinski definition) is 6. The van der Waals surface area contributed by atoms with Crippen LogP contribution in [0, 0.1) is 6.92 Å². The molecule has 1 aliphatic heterocycles. The fourth-order valence-corrected chi connectivity index (χ4v) is 5.30. The van der Waals surface area contributed by atoms with E-state index < -0.39 is 40.2 Å². The molecule has 3 rings (SSSR count). The number of rotatable bonds is 7. The van der Waals surface area contributed by atoms with Crippen molar-refractivity contribution in [3.8, 4) is 11.3 Å². The normalized spacial score (nSPS) is 17.9. The lowest BCUT2D eigenvalue weighted by Gasteiger charge is -2.33. The molecule has 2 heterocycles. The van der Waals surface area contributed by atoms with Gasteiger partial charge in [0.1, 0.15) is 4.75 Å². The predicted molar refractivity (Wildman–Crippen MR) is 111 cm³/mol. The zero-order chi connectivity index (χ0) is 24.2. The molecular weight excluding hydrogens is 466 g/mol. The maximum absolute atomic E-state index is 13.3. The zero-order valence-corrected chi connectivity index (χ0v) is 18.5. The molecule has 12 heteroatoms. The van der Waals surface area contributed by atoms with E-state index in [4.69, 9.17) is 9.94 Å². The number of alkyl halides is 4. The monoisotopic (exact) mass is 489 g/mol. The van der Waals surface area contributed by atoms with E-state index in [9.17, 15) is 26.6 Å². The topological polar surface area (TPSA) is 101 Å². The van der Waals surface area contributed by atoms with Crippen molar-refractivity contribution in [1.29, 1.82) is 0 Å². The van der Waals surface area contributed by atoms with Crippen LogP contribution in [0.2, 0.25) is 0 Å². The maximum Gasteiger partial charge on any atom is 0.419 e. The minimum absolute atomic E-state index is 0.188. The van der Waals surface area contributed by atoms with E-state index in [-0.39, 0.29) is 38.2 Å². The number of ether oxygens (including phenoxy) is 1. The maximum atomic E-state index is 13.3. The van der Waals surface area contributed by atoms with Crippen LogP contribution in [0.1, 0.15) is 30.5 Å². The van der Waals surface area contributed by atoms with E-state index in [0.717, 1.165) is 0 Å². The van der Waals surface area contributed by atoms with Gasteiger partial charge in [0, 0.05) is 29.9 Å². The van der Waals surface area contributed by atoms with Crippen LogP contribution < -0.4 is 5.48 Å². The van der Waals surface area contributed by atoms with Crippen LogP contribution in [0.25, 0.3) is 11.3 Å². The Hall–Kier alpha value is -2.44. The van der Waals surface area contributed by atoms with Gasteiger partial charge in [0.05, 0.1) is 28.4 Å². The van der Waals surface area contributed by atoms with Gasteiger partial charge in [-0.25, -0.2) is 9.87 Å². The van der Waals surface area contributed by atoms with Gasteiger partial charge in [0.15, 0.2) is 6.17 Å². The molecule has 0 saturated carbocycles. The molecule has 0 spiro atoms. The number of benzene rings is 1. The van der Waals surface area contributed by atoms with E-state index in [0.29, 0.717) is 21.7 Å². The van der Waals surface area contributed by atoms with Crippen molar-refractivity contribution in [2.75, 3.05) is 13.2 Å². The number of hydroxylamine groups is 1. The average Bonchev–Trinajstić information content (AvgIpc) is 2.81. The smallest absolute Gasteiger partial charge is 0.381 e. The molecule has 0 radical (unpaired) electrons. The number of aromatic nitrogens is 2. The molecule has 33 heavy (non-hydrogen) atoms. The van der Waals surface area contributed by atoms with Gasteiger partial charge in [-0.3, -0.25) is 24.2 Å². The molecule has 7 nitrogen and oxygen atoms in total. The Morgan fingerprint density at radius 3 is 2.52 bits per heavy atom. The quantitative estimate of drug-likeness (QED) is 0.351. The lowest BCUT2D eigenvalue weighted by atomic mass is 9.98. The lowest BCUT2D eigenvalue weighted by Crippen LogP contribution is -2.52. The molecule has 1 aromatic carbocycles. The Labute approximate surface area is 190 Å². The van der Waals surface area contributed by atoms with Crippen molar-refractivity contribution in [2.24, 2.45) is 0 Å². The molecule has 180 valence electrons. The van der Waals surface area contributed by atoms with Gasteiger partial charge in [-0.05, 0) is 50.3 Å². The summed E-state index contributed by atoms with van der Waals surface area (Å²) >= 11 is 0. The van der Waals surface area contributed by atoms with Crippen molar-refractivity contribution in [3.63, 3.8) is 0 Å². The summed E-state index contributed by atoms with van der Waals surface area (Å²) in [6.07, 6.45) is -5.69. The number of carbonyl (C=O) groups excluding carboxylic acids is 1. The average molecular weight is 489 g/mol. The summed E-state index contributed by atoms with van der Waals surface area (Å²) < 4.78 is 67.3. The van der Waals surface area contributed by atoms with E-state index >= 15 is 0 Å². The Morgan fingerprint density at radius 1 is 1.27 bits per heavy atom. The second-order valence-electron chi connectivity index (χ2n) is 7.73. The molecule has 2 aromatic rings. The molecule has 1 amide bonds. The van der Waals surface area contributed by atoms with Gasteiger partial charge in [-0.2, -0.15) is 13.2 Å².